The van der Waals surface area contributed by atoms with Gasteiger partial charge in [-0.2, -0.15) is 0 Å². The number of aromatic nitrogens is 2. The van der Waals surface area contributed by atoms with Gasteiger partial charge in [0.25, 0.3) is 0 Å². The number of nitrogens with zero attached hydrogens (tertiary/aromatic N) is 2. The highest BCUT2D eigenvalue weighted by Crippen LogP contribution is 2.21. The molecule has 4 heteroatoms. The maximum absolute atomic E-state index is 5.26. The van der Waals surface area contributed by atoms with Gasteiger partial charge < -0.3 is 9.84 Å². The average Bonchev–Trinajstić information content (AvgIpc) is 2.75. The van der Waals surface area contributed by atoms with Crippen LogP contribution in [0.1, 0.15) is 26.3 Å². The predicted molar refractivity (Wildman–Crippen MR) is 66.3 cm³/mol. The normalized spacial score (nSPS) is 11.7. The lowest BCUT2D eigenvalue weighted by Crippen LogP contribution is -2.35. The second kappa shape index (κ2) is 4.67. The van der Waals surface area contributed by atoms with Crippen molar-refractivity contribution in [3.05, 3.63) is 36.2 Å². The van der Waals surface area contributed by atoms with Crippen LogP contribution in [0.25, 0.3) is 11.5 Å². The molecule has 0 fully saturated rings. The molecule has 0 aliphatic rings. The molecule has 0 aliphatic carbocycles. The van der Waals surface area contributed by atoms with Crippen LogP contribution in [-0.2, 0) is 6.54 Å². The smallest absolute Gasteiger partial charge is 0.189 e. The van der Waals surface area contributed by atoms with E-state index >= 15 is 0 Å². The van der Waals surface area contributed by atoms with E-state index in [-0.39, 0.29) is 5.54 Å². The summed E-state index contributed by atoms with van der Waals surface area (Å²) in [5.41, 5.74) is 1.91. The molecule has 2 aromatic heterocycles. The minimum absolute atomic E-state index is 0.0681. The third-order valence-corrected chi connectivity index (χ3v) is 2.35. The first-order valence-corrected chi connectivity index (χ1v) is 5.66. The Hall–Kier alpha value is -1.68. The Morgan fingerprint density at radius 2 is 2.12 bits per heavy atom. The van der Waals surface area contributed by atoms with Crippen LogP contribution in [0.4, 0.5) is 0 Å². The quantitative estimate of drug-likeness (QED) is 0.882. The molecule has 0 aromatic carbocycles. The molecule has 0 bridgehead atoms. The predicted octanol–water partition coefficient (Wildman–Crippen LogP) is 2.62. The molecule has 0 saturated heterocycles. The average molecular weight is 231 g/mol. The summed E-state index contributed by atoms with van der Waals surface area (Å²) in [5, 5.41) is 7.25. The third-order valence-electron chi connectivity index (χ3n) is 2.35. The molecular formula is C13H17N3O. The van der Waals surface area contributed by atoms with Crippen molar-refractivity contribution in [2.45, 2.75) is 32.9 Å². The fourth-order valence-corrected chi connectivity index (χ4v) is 1.45. The summed E-state index contributed by atoms with van der Waals surface area (Å²) in [5.74, 6) is 0.738. The molecular weight excluding hydrogens is 214 g/mol. The fourth-order valence-electron chi connectivity index (χ4n) is 1.45. The van der Waals surface area contributed by atoms with Gasteiger partial charge in [0.1, 0.15) is 5.69 Å². The van der Waals surface area contributed by atoms with E-state index in [0.29, 0.717) is 0 Å². The van der Waals surface area contributed by atoms with Gasteiger partial charge in [-0.3, -0.25) is 4.98 Å². The van der Waals surface area contributed by atoms with Crippen LogP contribution >= 0.6 is 0 Å². The monoisotopic (exact) mass is 231 g/mol. The summed E-state index contributed by atoms with van der Waals surface area (Å²) in [7, 11) is 0. The summed E-state index contributed by atoms with van der Waals surface area (Å²) >= 11 is 0. The van der Waals surface area contributed by atoms with Crippen molar-refractivity contribution in [2.75, 3.05) is 0 Å². The second-order valence-corrected chi connectivity index (χ2v) is 5.00. The van der Waals surface area contributed by atoms with Gasteiger partial charge in [0, 0.05) is 23.8 Å². The van der Waals surface area contributed by atoms with Crippen LogP contribution in [0.5, 0.6) is 0 Å². The molecule has 90 valence electrons. The molecule has 4 nitrogen and oxygen atoms in total. The van der Waals surface area contributed by atoms with Crippen LogP contribution in [0.3, 0.4) is 0 Å². The van der Waals surface area contributed by atoms with E-state index in [1.165, 1.54) is 0 Å². The number of pyridine rings is 1. The van der Waals surface area contributed by atoms with Crippen molar-refractivity contribution in [1.29, 1.82) is 0 Å². The maximum atomic E-state index is 5.26. The maximum Gasteiger partial charge on any atom is 0.189 e. The van der Waals surface area contributed by atoms with Crippen molar-refractivity contribution >= 4 is 0 Å². The molecule has 0 unspecified atom stereocenters. The Labute approximate surface area is 101 Å². The van der Waals surface area contributed by atoms with E-state index in [9.17, 15) is 0 Å². The van der Waals surface area contributed by atoms with Gasteiger partial charge in [0.05, 0.1) is 6.20 Å². The van der Waals surface area contributed by atoms with Gasteiger partial charge in [0.15, 0.2) is 5.76 Å². The summed E-state index contributed by atoms with van der Waals surface area (Å²) in [6.45, 7) is 7.10. The number of rotatable bonds is 3. The van der Waals surface area contributed by atoms with Gasteiger partial charge in [-0.15, -0.1) is 0 Å². The molecule has 0 saturated carbocycles. The van der Waals surface area contributed by atoms with Crippen molar-refractivity contribution in [1.82, 2.24) is 15.5 Å². The summed E-state index contributed by atoms with van der Waals surface area (Å²) in [4.78, 5) is 4.26. The fraction of sp³-hybridized carbons (Fsp3) is 0.385. The van der Waals surface area contributed by atoms with Gasteiger partial charge in [-0.1, -0.05) is 11.2 Å². The lowest BCUT2D eigenvalue weighted by molar-refractivity contribution is 0.418. The SMILES string of the molecule is CC(C)(C)NCc1cnoc1-c1ccccn1. The zero-order chi connectivity index (χ0) is 12.3. The lowest BCUT2D eigenvalue weighted by atomic mass is 10.1. The van der Waals surface area contributed by atoms with E-state index in [4.69, 9.17) is 4.52 Å². The van der Waals surface area contributed by atoms with E-state index in [0.717, 1.165) is 23.6 Å². The molecule has 0 aliphatic heterocycles. The van der Waals surface area contributed by atoms with Gasteiger partial charge in [-0.05, 0) is 32.9 Å². The molecule has 0 atom stereocenters. The zero-order valence-electron chi connectivity index (χ0n) is 10.4. The number of hydrogen-bond acceptors (Lipinski definition) is 4. The first-order valence-electron chi connectivity index (χ1n) is 5.66. The molecule has 2 heterocycles. The second-order valence-electron chi connectivity index (χ2n) is 5.00. The van der Waals surface area contributed by atoms with Gasteiger partial charge in [0.2, 0.25) is 0 Å². The largest absolute Gasteiger partial charge is 0.354 e. The Morgan fingerprint density at radius 3 is 2.76 bits per heavy atom. The Morgan fingerprint density at radius 1 is 1.29 bits per heavy atom. The minimum Gasteiger partial charge on any atom is -0.354 e. The Balaban J connectivity index is 2.18. The summed E-state index contributed by atoms with van der Waals surface area (Å²) in [6, 6.07) is 5.74. The summed E-state index contributed by atoms with van der Waals surface area (Å²) in [6.07, 6.45) is 3.49. The van der Waals surface area contributed by atoms with E-state index < -0.39 is 0 Å². The van der Waals surface area contributed by atoms with Crippen molar-refractivity contribution in [3.8, 4) is 11.5 Å². The van der Waals surface area contributed by atoms with Crippen LogP contribution in [0.15, 0.2) is 35.1 Å². The highest BCUT2D eigenvalue weighted by Gasteiger charge is 2.14. The van der Waals surface area contributed by atoms with Gasteiger partial charge >= 0.3 is 0 Å². The molecule has 17 heavy (non-hydrogen) atoms. The Bertz CT molecular complexity index is 471. The van der Waals surface area contributed by atoms with Crippen molar-refractivity contribution in [3.63, 3.8) is 0 Å². The molecule has 2 rings (SSSR count). The van der Waals surface area contributed by atoms with Crippen molar-refractivity contribution in [2.24, 2.45) is 0 Å². The first-order chi connectivity index (χ1) is 8.06. The topological polar surface area (TPSA) is 51.0 Å². The van der Waals surface area contributed by atoms with Crippen molar-refractivity contribution < 1.29 is 4.52 Å². The molecule has 1 N–H and O–H groups in total. The third kappa shape index (κ3) is 3.14. The molecule has 0 spiro atoms. The number of nitrogens with one attached hydrogen (secondary N) is 1. The minimum atomic E-state index is 0.0681. The first kappa shape index (κ1) is 11.8. The standard InChI is InChI=1S/C13H17N3O/c1-13(2,3)15-8-10-9-16-17-12(10)11-6-4-5-7-14-11/h4-7,9,15H,8H2,1-3H3. The highest BCUT2D eigenvalue weighted by atomic mass is 16.5. The van der Waals surface area contributed by atoms with E-state index in [2.05, 4.69) is 36.2 Å². The van der Waals surface area contributed by atoms with Gasteiger partial charge in [-0.25, -0.2) is 0 Å². The molecule has 0 amide bonds. The van der Waals surface area contributed by atoms with E-state index in [1.807, 2.05) is 18.2 Å². The Kier molecular flexibility index (Phi) is 3.24. The van der Waals surface area contributed by atoms with Crippen LogP contribution < -0.4 is 5.32 Å². The zero-order valence-corrected chi connectivity index (χ0v) is 10.4. The summed E-state index contributed by atoms with van der Waals surface area (Å²) < 4.78 is 5.26. The van der Waals surface area contributed by atoms with E-state index in [1.54, 1.807) is 12.4 Å². The highest BCUT2D eigenvalue weighted by molar-refractivity contribution is 5.55. The lowest BCUT2D eigenvalue weighted by Gasteiger charge is -2.19. The molecule has 2 aromatic rings. The van der Waals surface area contributed by atoms with Crippen LogP contribution in [0, 0.1) is 0 Å². The number of hydrogen-bond donors (Lipinski definition) is 1. The van der Waals surface area contributed by atoms with Crippen LogP contribution in [0.2, 0.25) is 0 Å². The van der Waals surface area contributed by atoms with Crippen LogP contribution in [-0.4, -0.2) is 15.7 Å². The molecule has 0 radical (unpaired) electrons.